The zero-order valence-electron chi connectivity index (χ0n) is 12.5. The number of aromatic nitrogens is 2. The summed E-state index contributed by atoms with van der Waals surface area (Å²) in [7, 11) is 0. The molecular weight excluding hydrogens is 290 g/mol. The van der Waals surface area contributed by atoms with E-state index in [1.807, 2.05) is 12.4 Å². The first-order valence-electron chi connectivity index (χ1n) is 7.82. The Morgan fingerprint density at radius 3 is 3.00 bits per heavy atom. The monoisotopic (exact) mass is 309 g/mol. The molecule has 4 heteroatoms. The van der Waals surface area contributed by atoms with Crippen molar-refractivity contribution in [1.82, 2.24) is 14.9 Å². The summed E-state index contributed by atoms with van der Waals surface area (Å²) in [5.74, 6) is 0.749. The van der Waals surface area contributed by atoms with Gasteiger partial charge in [-0.25, -0.2) is 4.98 Å². The zero-order valence-corrected chi connectivity index (χ0v) is 13.3. The maximum absolute atomic E-state index is 4.46. The van der Waals surface area contributed by atoms with Crippen LogP contribution in [0.25, 0.3) is 10.9 Å². The number of fused-ring (bicyclic) bond motifs is 1. The fourth-order valence-corrected chi connectivity index (χ4v) is 4.09. The Balaban J connectivity index is 1.45. The van der Waals surface area contributed by atoms with Gasteiger partial charge >= 0.3 is 0 Å². The van der Waals surface area contributed by atoms with Crippen LogP contribution in [-0.4, -0.2) is 28.0 Å². The first kappa shape index (κ1) is 13.9. The van der Waals surface area contributed by atoms with Crippen LogP contribution in [0.15, 0.2) is 48.1 Å². The van der Waals surface area contributed by atoms with Gasteiger partial charge in [-0.05, 0) is 36.6 Å². The fourth-order valence-electron chi connectivity index (χ4n) is 3.36. The van der Waals surface area contributed by atoms with Crippen LogP contribution in [0.4, 0.5) is 0 Å². The molecule has 4 rings (SSSR count). The van der Waals surface area contributed by atoms with E-state index in [1.165, 1.54) is 35.5 Å². The predicted molar refractivity (Wildman–Crippen MR) is 90.9 cm³/mol. The Morgan fingerprint density at radius 1 is 1.14 bits per heavy atom. The van der Waals surface area contributed by atoms with Gasteiger partial charge in [0.1, 0.15) is 0 Å². The van der Waals surface area contributed by atoms with E-state index in [4.69, 9.17) is 0 Å². The molecule has 0 unspecified atom stereocenters. The molecule has 0 bridgehead atoms. The summed E-state index contributed by atoms with van der Waals surface area (Å²) in [5.41, 5.74) is 2.49. The lowest BCUT2D eigenvalue weighted by atomic mass is 10.1. The fraction of sp³-hybridized carbons (Fsp3) is 0.333. The van der Waals surface area contributed by atoms with Crippen LogP contribution in [-0.2, 0) is 13.0 Å². The molecule has 1 aliphatic rings. The molecule has 1 aromatic carbocycles. The van der Waals surface area contributed by atoms with Gasteiger partial charge in [0.05, 0.1) is 10.5 Å². The highest BCUT2D eigenvalue weighted by molar-refractivity contribution is 7.09. The second-order valence-electron chi connectivity index (χ2n) is 6.01. The summed E-state index contributed by atoms with van der Waals surface area (Å²) in [6.07, 6.45) is 6.25. The van der Waals surface area contributed by atoms with Gasteiger partial charge in [0.2, 0.25) is 0 Å². The van der Waals surface area contributed by atoms with E-state index in [0.29, 0.717) is 0 Å². The van der Waals surface area contributed by atoms with Crippen molar-refractivity contribution in [2.24, 2.45) is 5.92 Å². The van der Waals surface area contributed by atoms with Gasteiger partial charge in [0, 0.05) is 42.7 Å². The van der Waals surface area contributed by atoms with Crippen LogP contribution >= 0.6 is 11.3 Å². The molecule has 3 heterocycles. The molecule has 2 aromatic heterocycles. The second-order valence-corrected chi connectivity index (χ2v) is 6.99. The summed E-state index contributed by atoms with van der Waals surface area (Å²) in [4.78, 5) is 11.4. The first-order valence-corrected chi connectivity index (χ1v) is 8.70. The number of likely N-dealkylation sites (tertiary alicyclic amines) is 1. The summed E-state index contributed by atoms with van der Waals surface area (Å²) < 4.78 is 0. The van der Waals surface area contributed by atoms with E-state index in [2.05, 4.69) is 50.6 Å². The molecule has 0 radical (unpaired) electrons. The molecule has 1 saturated heterocycles. The molecule has 0 N–H and O–H groups in total. The average molecular weight is 309 g/mol. The van der Waals surface area contributed by atoms with Crippen molar-refractivity contribution in [2.75, 3.05) is 13.1 Å². The minimum absolute atomic E-state index is 0.749. The van der Waals surface area contributed by atoms with E-state index < -0.39 is 0 Å². The number of pyridine rings is 1. The number of rotatable bonds is 4. The number of para-hydroxylation sites is 1. The highest BCUT2D eigenvalue weighted by Gasteiger charge is 2.23. The van der Waals surface area contributed by atoms with Gasteiger partial charge in [0.15, 0.2) is 0 Å². The molecule has 1 fully saturated rings. The van der Waals surface area contributed by atoms with Gasteiger partial charge in [-0.2, -0.15) is 0 Å². The van der Waals surface area contributed by atoms with E-state index in [-0.39, 0.29) is 0 Å². The van der Waals surface area contributed by atoms with Crippen molar-refractivity contribution < 1.29 is 0 Å². The van der Waals surface area contributed by atoms with Crippen LogP contribution in [0.3, 0.4) is 0 Å². The lowest BCUT2D eigenvalue weighted by molar-refractivity contribution is 0.317. The van der Waals surface area contributed by atoms with Crippen LogP contribution in [0.5, 0.6) is 0 Å². The summed E-state index contributed by atoms with van der Waals surface area (Å²) >= 11 is 1.78. The largest absolute Gasteiger partial charge is 0.299 e. The maximum atomic E-state index is 4.46. The molecule has 112 valence electrons. The van der Waals surface area contributed by atoms with Crippen LogP contribution in [0.2, 0.25) is 0 Å². The first-order chi connectivity index (χ1) is 10.9. The molecule has 1 aliphatic heterocycles. The van der Waals surface area contributed by atoms with Crippen molar-refractivity contribution in [2.45, 2.75) is 19.4 Å². The summed E-state index contributed by atoms with van der Waals surface area (Å²) in [5, 5.41) is 4.64. The van der Waals surface area contributed by atoms with E-state index >= 15 is 0 Å². The molecule has 0 aliphatic carbocycles. The van der Waals surface area contributed by atoms with E-state index in [1.54, 1.807) is 11.3 Å². The predicted octanol–water partition coefficient (Wildman–Crippen LogP) is 3.76. The van der Waals surface area contributed by atoms with Crippen molar-refractivity contribution in [3.05, 3.63) is 58.7 Å². The van der Waals surface area contributed by atoms with Gasteiger partial charge < -0.3 is 0 Å². The van der Waals surface area contributed by atoms with Gasteiger partial charge in [-0.15, -0.1) is 11.3 Å². The quantitative estimate of drug-likeness (QED) is 0.735. The number of hydrogen-bond donors (Lipinski definition) is 0. The van der Waals surface area contributed by atoms with Crippen molar-refractivity contribution in [1.29, 1.82) is 0 Å². The number of benzene rings is 1. The topological polar surface area (TPSA) is 29.0 Å². The molecular formula is C18H19N3S. The Morgan fingerprint density at radius 2 is 2.09 bits per heavy atom. The van der Waals surface area contributed by atoms with Gasteiger partial charge in [-0.1, -0.05) is 18.2 Å². The normalized spacial score (nSPS) is 19.0. The third kappa shape index (κ3) is 2.89. The lowest BCUT2D eigenvalue weighted by Crippen LogP contribution is -2.20. The van der Waals surface area contributed by atoms with Crippen molar-refractivity contribution >= 4 is 22.2 Å². The number of hydrogen-bond acceptors (Lipinski definition) is 4. The minimum Gasteiger partial charge on any atom is -0.299 e. The average Bonchev–Trinajstić information content (AvgIpc) is 3.20. The van der Waals surface area contributed by atoms with E-state index in [0.717, 1.165) is 24.4 Å². The molecule has 0 amide bonds. The zero-order chi connectivity index (χ0) is 14.8. The van der Waals surface area contributed by atoms with Crippen LogP contribution in [0.1, 0.15) is 17.0 Å². The Hall–Kier alpha value is -1.78. The number of thiazole rings is 1. The van der Waals surface area contributed by atoms with Gasteiger partial charge in [-0.3, -0.25) is 9.88 Å². The maximum Gasteiger partial charge on any atom is 0.0928 e. The molecule has 22 heavy (non-hydrogen) atoms. The Bertz CT molecular complexity index is 749. The van der Waals surface area contributed by atoms with Gasteiger partial charge in [0.25, 0.3) is 0 Å². The summed E-state index contributed by atoms with van der Waals surface area (Å²) in [6.45, 7) is 3.39. The standard InChI is InChI=1S/C18H19N3S/c1-2-4-17-16(3-1)15(5-7-19-17)13-21-9-6-14(12-21)11-18-20-8-10-22-18/h1-5,7-8,10,14H,6,9,11-13H2/t14-/m0/s1. The third-order valence-corrected chi connectivity index (χ3v) is 5.25. The number of nitrogens with zero attached hydrogens (tertiary/aromatic N) is 3. The lowest BCUT2D eigenvalue weighted by Gasteiger charge is -2.17. The van der Waals surface area contributed by atoms with Crippen molar-refractivity contribution in [3.63, 3.8) is 0 Å². The summed E-state index contributed by atoms with van der Waals surface area (Å²) in [6, 6.07) is 10.6. The second kappa shape index (κ2) is 6.15. The highest BCUT2D eigenvalue weighted by Crippen LogP contribution is 2.25. The van der Waals surface area contributed by atoms with Crippen LogP contribution in [0, 0.1) is 5.92 Å². The Labute approximate surface area is 134 Å². The highest BCUT2D eigenvalue weighted by atomic mass is 32.1. The molecule has 0 saturated carbocycles. The smallest absolute Gasteiger partial charge is 0.0928 e. The van der Waals surface area contributed by atoms with E-state index in [9.17, 15) is 0 Å². The molecule has 3 aromatic rings. The molecule has 1 atom stereocenters. The Kier molecular flexibility index (Phi) is 3.87. The third-order valence-electron chi connectivity index (χ3n) is 4.45. The SMILES string of the molecule is c1ccc2c(CN3CC[C@@H](Cc4nccs4)C3)ccnc2c1. The molecule has 0 spiro atoms. The van der Waals surface area contributed by atoms with Crippen molar-refractivity contribution in [3.8, 4) is 0 Å². The molecule has 3 nitrogen and oxygen atoms in total. The minimum atomic E-state index is 0.749. The van der Waals surface area contributed by atoms with Crippen LogP contribution < -0.4 is 0 Å².